The number of nitrogens with zero attached hydrogens (tertiary/aromatic N) is 2. The summed E-state index contributed by atoms with van der Waals surface area (Å²) in [5.74, 6) is 2.19. The molecule has 8 heteroatoms. The smallest absolute Gasteiger partial charge is 0.0701 e. The van der Waals surface area contributed by atoms with Crippen molar-refractivity contribution in [2.75, 3.05) is 96.7 Å². The normalized spacial score (nSPS) is 16.8. The van der Waals surface area contributed by atoms with Crippen LogP contribution in [-0.4, -0.2) is 106 Å². The van der Waals surface area contributed by atoms with Crippen LogP contribution in [0.25, 0.3) is 0 Å². The third kappa shape index (κ3) is 13.1. The lowest BCUT2D eigenvalue weighted by Crippen LogP contribution is -2.47. The van der Waals surface area contributed by atoms with Crippen molar-refractivity contribution in [2.24, 2.45) is 0 Å². The summed E-state index contributed by atoms with van der Waals surface area (Å²) in [6, 6.07) is 0. The minimum atomic E-state index is 0.656. The predicted octanol–water partition coefficient (Wildman–Crippen LogP) is 1.98. The Balaban J connectivity index is 1.80. The molecule has 0 N–H and O–H groups in total. The zero-order valence-electron chi connectivity index (χ0n) is 15.0. The highest BCUT2D eigenvalue weighted by Crippen LogP contribution is 2.08. The molecule has 0 aromatic rings. The Kier molecular flexibility index (Phi) is 16.5. The van der Waals surface area contributed by atoms with Crippen molar-refractivity contribution in [1.29, 1.82) is 0 Å². The number of thioether (sulfide) groups is 1. The van der Waals surface area contributed by atoms with Gasteiger partial charge in [0.25, 0.3) is 0 Å². The van der Waals surface area contributed by atoms with Crippen LogP contribution in [0.4, 0.5) is 0 Å². The zero-order chi connectivity index (χ0) is 17.3. The molecule has 0 spiro atoms. The molecule has 0 atom stereocenters. The van der Waals surface area contributed by atoms with E-state index in [9.17, 15) is 0 Å². The van der Waals surface area contributed by atoms with E-state index in [4.69, 9.17) is 14.2 Å². The number of ether oxygens (including phenoxy) is 3. The van der Waals surface area contributed by atoms with Gasteiger partial charge in [0.05, 0.1) is 39.6 Å². The van der Waals surface area contributed by atoms with Gasteiger partial charge in [-0.15, -0.1) is 11.7 Å². The molecule has 1 saturated heterocycles. The van der Waals surface area contributed by atoms with Gasteiger partial charge < -0.3 is 19.1 Å². The van der Waals surface area contributed by atoms with Crippen LogP contribution in [0.2, 0.25) is 0 Å². The molecular formula is C16H34N2O3S3. The van der Waals surface area contributed by atoms with Crippen LogP contribution in [-0.2, 0) is 14.2 Å². The summed E-state index contributed by atoms with van der Waals surface area (Å²) in [5.41, 5.74) is 0. The maximum absolute atomic E-state index is 5.65. The maximum Gasteiger partial charge on any atom is 0.0701 e. The summed E-state index contributed by atoms with van der Waals surface area (Å²) in [6.07, 6.45) is 3.32. The fourth-order valence-electron chi connectivity index (χ4n) is 2.47. The minimum absolute atomic E-state index is 0.656. The SMILES string of the molecule is CSCCOCCOCCOCCN1CCN(CCCSS)CC1. The molecule has 0 amide bonds. The Morgan fingerprint density at radius 3 is 1.88 bits per heavy atom. The van der Waals surface area contributed by atoms with E-state index in [1.165, 1.54) is 26.1 Å². The summed E-state index contributed by atoms with van der Waals surface area (Å²) in [4.78, 5) is 5.04. The highest BCUT2D eigenvalue weighted by molar-refractivity contribution is 8.68. The molecular weight excluding hydrogens is 364 g/mol. The number of hydrogen-bond donors (Lipinski definition) is 1. The predicted molar refractivity (Wildman–Crippen MR) is 110 cm³/mol. The van der Waals surface area contributed by atoms with Gasteiger partial charge >= 0.3 is 0 Å². The van der Waals surface area contributed by atoms with Gasteiger partial charge in [-0.2, -0.15) is 11.8 Å². The van der Waals surface area contributed by atoms with Crippen LogP contribution in [0.1, 0.15) is 6.42 Å². The molecule has 1 aliphatic heterocycles. The van der Waals surface area contributed by atoms with Gasteiger partial charge in [0.1, 0.15) is 0 Å². The Morgan fingerprint density at radius 1 is 0.750 bits per heavy atom. The second-order valence-corrected chi connectivity index (χ2v) is 8.13. The van der Waals surface area contributed by atoms with Gasteiger partial charge in [-0.3, -0.25) is 4.90 Å². The molecule has 144 valence electrons. The van der Waals surface area contributed by atoms with E-state index in [0.29, 0.717) is 26.4 Å². The van der Waals surface area contributed by atoms with E-state index in [1.54, 1.807) is 22.6 Å². The average molecular weight is 399 g/mol. The highest BCUT2D eigenvalue weighted by atomic mass is 33.1. The van der Waals surface area contributed by atoms with Crippen LogP contribution in [0.15, 0.2) is 0 Å². The summed E-state index contributed by atoms with van der Waals surface area (Å²) in [5, 5.41) is 0. The van der Waals surface area contributed by atoms with E-state index >= 15 is 0 Å². The summed E-state index contributed by atoms with van der Waals surface area (Å²) in [7, 11) is 1.64. The lowest BCUT2D eigenvalue weighted by Gasteiger charge is -2.34. The molecule has 0 bridgehead atoms. The molecule has 1 fully saturated rings. The lowest BCUT2D eigenvalue weighted by atomic mass is 10.3. The molecule has 1 rings (SSSR count). The van der Waals surface area contributed by atoms with Gasteiger partial charge in [0, 0.05) is 44.2 Å². The first kappa shape index (κ1) is 22.9. The molecule has 24 heavy (non-hydrogen) atoms. The molecule has 0 saturated carbocycles. The molecule has 0 radical (unpaired) electrons. The van der Waals surface area contributed by atoms with Gasteiger partial charge in [0.2, 0.25) is 0 Å². The molecule has 0 aromatic carbocycles. The van der Waals surface area contributed by atoms with Crippen molar-refractivity contribution in [3.05, 3.63) is 0 Å². The van der Waals surface area contributed by atoms with E-state index in [1.807, 2.05) is 0 Å². The number of hydrogen-bond acceptors (Lipinski definition) is 8. The van der Waals surface area contributed by atoms with E-state index in [0.717, 1.165) is 44.4 Å². The van der Waals surface area contributed by atoms with Crippen molar-refractivity contribution in [2.45, 2.75) is 6.42 Å². The monoisotopic (exact) mass is 398 g/mol. The van der Waals surface area contributed by atoms with E-state index < -0.39 is 0 Å². The van der Waals surface area contributed by atoms with Gasteiger partial charge in [-0.25, -0.2) is 0 Å². The first-order chi connectivity index (χ1) is 11.9. The quantitative estimate of drug-likeness (QED) is 0.242. The molecule has 1 aliphatic rings. The Morgan fingerprint density at radius 2 is 1.29 bits per heavy atom. The Hall–Kier alpha value is 0.850. The van der Waals surface area contributed by atoms with Crippen LogP contribution >= 0.6 is 34.2 Å². The van der Waals surface area contributed by atoms with Crippen LogP contribution < -0.4 is 0 Å². The first-order valence-corrected chi connectivity index (χ1v) is 12.2. The fraction of sp³-hybridized carbons (Fsp3) is 1.00. The number of rotatable bonds is 16. The zero-order valence-corrected chi connectivity index (χ0v) is 17.5. The highest BCUT2D eigenvalue weighted by Gasteiger charge is 2.15. The number of piperazine rings is 1. The molecule has 0 aliphatic carbocycles. The van der Waals surface area contributed by atoms with Crippen molar-refractivity contribution in [3.8, 4) is 0 Å². The van der Waals surface area contributed by atoms with E-state index in [2.05, 4.69) is 27.7 Å². The summed E-state index contributed by atoms with van der Waals surface area (Å²) < 4.78 is 16.6. The van der Waals surface area contributed by atoms with Crippen molar-refractivity contribution >= 4 is 34.2 Å². The third-order valence-electron chi connectivity index (χ3n) is 3.90. The number of thiol groups is 1. The Bertz CT molecular complexity index is 271. The largest absolute Gasteiger partial charge is 0.378 e. The van der Waals surface area contributed by atoms with Crippen molar-refractivity contribution in [1.82, 2.24) is 9.80 Å². The first-order valence-electron chi connectivity index (χ1n) is 8.80. The molecule has 0 aromatic heterocycles. The van der Waals surface area contributed by atoms with Crippen LogP contribution in [0, 0.1) is 0 Å². The molecule has 0 unspecified atom stereocenters. The van der Waals surface area contributed by atoms with Gasteiger partial charge in [-0.05, 0) is 19.2 Å². The average Bonchev–Trinajstić information content (AvgIpc) is 2.61. The van der Waals surface area contributed by atoms with Crippen molar-refractivity contribution in [3.63, 3.8) is 0 Å². The second kappa shape index (κ2) is 17.3. The standard InChI is InChI=1S/C16H34N2O3S3/c1-23-16-14-21-13-12-20-11-10-19-9-8-18-6-4-17(5-7-18)3-2-15-24-22/h22H,2-16H2,1H3. The summed E-state index contributed by atoms with van der Waals surface area (Å²) >= 11 is 5.98. The Labute approximate surface area is 161 Å². The summed E-state index contributed by atoms with van der Waals surface area (Å²) in [6.45, 7) is 11.2. The lowest BCUT2D eigenvalue weighted by molar-refractivity contribution is 0.0102. The maximum atomic E-state index is 5.65. The van der Waals surface area contributed by atoms with E-state index in [-0.39, 0.29) is 0 Å². The van der Waals surface area contributed by atoms with Crippen LogP contribution in [0.5, 0.6) is 0 Å². The topological polar surface area (TPSA) is 34.2 Å². The second-order valence-electron chi connectivity index (χ2n) is 5.70. The van der Waals surface area contributed by atoms with Crippen LogP contribution in [0.3, 0.4) is 0 Å². The third-order valence-corrected chi connectivity index (χ3v) is 5.50. The molecule has 1 heterocycles. The van der Waals surface area contributed by atoms with Gasteiger partial charge in [0.15, 0.2) is 0 Å². The van der Waals surface area contributed by atoms with Crippen molar-refractivity contribution < 1.29 is 14.2 Å². The van der Waals surface area contributed by atoms with Gasteiger partial charge in [-0.1, -0.05) is 10.8 Å². The molecule has 5 nitrogen and oxygen atoms in total. The fourth-order valence-corrected chi connectivity index (χ4v) is 3.40. The minimum Gasteiger partial charge on any atom is -0.378 e.